The number of hydrogen-bond donors (Lipinski definition) is 2. The molecule has 2 aromatic carbocycles. The molecule has 0 aliphatic carbocycles. The van der Waals surface area contributed by atoms with Gasteiger partial charge in [-0.15, -0.1) is 0 Å². The first kappa shape index (κ1) is 19.3. The molecule has 0 amide bonds. The zero-order valence-corrected chi connectivity index (χ0v) is 15.8. The van der Waals surface area contributed by atoms with E-state index in [1.54, 1.807) is 41.3 Å². The summed E-state index contributed by atoms with van der Waals surface area (Å²) in [5, 5.41) is 0.885. The van der Waals surface area contributed by atoms with Crippen LogP contribution in [0.4, 0.5) is 4.39 Å². The predicted octanol–water partition coefficient (Wildman–Crippen LogP) is 3.55. The molecule has 0 radical (unpaired) electrons. The fraction of sp³-hybridized carbons (Fsp3) is 0.222. The molecule has 1 heterocycles. The van der Waals surface area contributed by atoms with Gasteiger partial charge >= 0.3 is 0 Å². The van der Waals surface area contributed by atoms with Crippen molar-refractivity contribution in [3.8, 4) is 5.75 Å². The van der Waals surface area contributed by atoms with Crippen LogP contribution in [0.3, 0.4) is 0 Å². The SMILES string of the molecule is NC1=NC(c2ccccc2F)N(CCCOc2ccc(Cl)c(Cl)c2)C(N)=N1. The Balaban J connectivity index is 1.65. The fourth-order valence-electron chi connectivity index (χ4n) is 2.68. The Morgan fingerprint density at radius 3 is 2.63 bits per heavy atom. The lowest BCUT2D eigenvalue weighted by atomic mass is 10.1. The van der Waals surface area contributed by atoms with Crippen molar-refractivity contribution in [2.45, 2.75) is 12.6 Å². The molecular weight excluding hydrogens is 392 g/mol. The Bertz CT molecular complexity index is 890. The van der Waals surface area contributed by atoms with Crippen LogP contribution in [0.2, 0.25) is 10.0 Å². The highest BCUT2D eigenvalue weighted by Gasteiger charge is 2.27. The lowest BCUT2D eigenvalue weighted by Crippen LogP contribution is -2.45. The number of nitrogens with two attached hydrogens (primary N) is 2. The number of aliphatic imine (C=N–C) groups is 2. The predicted molar refractivity (Wildman–Crippen MR) is 106 cm³/mol. The molecule has 1 aliphatic rings. The number of nitrogens with zero attached hydrogens (tertiary/aromatic N) is 3. The van der Waals surface area contributed by atoms with Crippen LogP contribution in [-0.4, -0.2) is 30.0 Å². The first-order valence-corrected chi connectivity index (χ1v) is 8.97. The quantitative estimate of drug-likeness (QED) is 0.713. The van der Waals surface area contributed by atoms with Gasteiger partial charge in [-0.2, -0.15) is 4.99 Å². The Kier molecular flexibility index (Phi) is 6.03. The van der Waals surface area contributed by atoms with Crippen LogP contribution in [0.25, 0.3) is 0 Å². The number of ether oxygens (including phenoxy) is 1. The maximum absolute atomic E-state index is 14.2. The number of hydrogen-bond acceptors (Lipinski definition) is 6. The van der Waals surface area contributed by atoms with E-state index in [4.69, 9.17) is 39.4 Å². The van der Waals surface area contributed by atoms with Gasteiger partial charge in [-0.1, -0.05) is 41.4 Å². The van der Waals surface area contributed by atoms with Crippen LogP contribution in [0.5, 0.6) is 5.75 Å². The summed E-state index contributed by atoms with van der Waals surface area (Å²) in [6.45, 7) is 0.845. The summed E-state index contributed by atoms with van der Waals surface area (Å²) in [4.78, 5) is 9.91. The van der Waals surface area contributed by atoms with Crippen LogP contribution in [0.15, 0.2) is 52.4 Å². The lowest BCUT2D eigenvalue weighted by molar-refractivity contribution is 0.255. The highest BCUT2D eigenvalue weighted by molar-refractivity contribution is 6.42. The minimum atomic E-state index is -0.673. The molecule has 2 aromatic rings. The first-order valence-electron chi connectivity index (χ1n) is 8.22. The Hall–Kier alpha value is -2.51. The van der Waals surface area contributed by atoms with Crippen molar-refractivity contribution in [3.63, 3.8) is 0 Å². The zero-order chi connectivity index (χ0) is 19.4. The normalized spacial score (nSPS) is 16.7. The van der Waals surface area contributed by atoms with Gasteiger partial charge in [0.2, 0.25) is 11.9 Å². The van der Waals surface area contributed by atoms with Gasteiger partial charge in [-0.05, 0) is 24.6 Å². The zero-order valence-electron chi connectivity index (χ0n) is 14.3. The second-order valence-corrected chi connectivity index (χ2v) is 6.64. The van der Waals surface area contributed by atoms with E-state index in [0.717, 1.165) is 0 Å². The van der Waals surface area contributed by atoms with E-state index in [2.05, 4.69) is 9.98 Å². The summed E-state index contributed by atoms with van der Waals surface area (Å²) >= 11 is 11.9. The molecular formula is C18H18Cl2FN5O. The topological polar surface area (TPSA) is 89.2 Å². The van der Waals surface area contributed by atoms with Crippen molar-refractivity contribution in [3.05, 3.63) is 63.9 Å². The molecule has 3 rings (SSSR count). The average molecular weight is 410 g/mol. The highest BCUT2D eigenvalue weighted by atomic mass is 35.5. The third-order valence-corrected chi connectivity index (χ3v) is 4.70. The number of rotatable bonds is 6. The van der Waals surface area contributed by atoms with E-state index in [9.17, 15) is 4.39 Å². The molecule has 1 unspecified atom stereocenters. The molecule has 0 spiro atoms. The monoisotopic (exact) mass is 409 g/mol. The van der Waals surface area contributed by atoms with Crippen LogP contribution in [-0.2, 0) is 0 Å². The Morgan fingerprint density at radius 2 is 1.89 bits per heavy atom. The van der Waals surface area contributed by atoms with Crippen molar-refractivity contribution in [1.29, 1.82) is 0 Å². The largest absolute Gasteiger partial charge is 0.493 e. The Labute approximate surface area is 166 Å². The maximum Gasteiger partial charge on any atom is 0.220 e. The van der Waals surface area contributed by atoms with Crippen molar-refractivity contribution in [2.24, 2.45) is 21.5 Å². The van der Waals surface area contributed by atoms with Crippen LogP contribution >= 0.6 is 23.2 Å². The molecule has 142 valence electrons. The van der Waals surface area contributed by atoms with Gasteiger partial charge in [0.1, 0.15) is 11.6 Å². The standard InChI is InChI=1S/C18H18Cl2FN5O/c19-13-7-6-11(10-14(13)20)27-9-3-8-26-16(24-17(22)25-18(26)23)12-4-1-2-5-15(12)21/h1-2,4-7,10,16H,3,8-9H2,(H4,22,23,24,25). The van der Waals surface area contributed by atoms with E-state index in [1.807, 2.05) is 0 Å². The van der Waals surface area contributed by atoms with Gasteiger partial charge < -0.3 is 21.1 Å². The number of benzene rings is 2. The molecule has 6 nitrogen and oxygen atoms in total. The van der Waals surface area contributed by atoms with Crippen LogP contribution in [0.1, 0.15) is 18.2 Å². The van der Waals surface area contributed by atoms with Crippen LogP contribution in [0, 0.1) is 5.82 Å². The highest BCUT2D eigenvalue weighted by Crippen LogP contribution is 2.28. The van der Waals surface area contributed by atoms with Gasteiger partial charge in [0.15, 0.2) is 6.17 Å². The van der Waals surface area contributed by atoms with Crippen molar-refractivity contribution >= 4 is 35.1 Å². The summed E-state index contributed by atoms with van der Waals surface area (Å²) in [5.41, 5.74) is 12.1. The summed E-state index contributed by atoms with van der Waals surface area (Å²) in [7, 11) is 0. The van der Waals surface area contributed by atoms with E-state index in [1.165, 1.54) is 6.07 Å². The van der Waals surface area contributed by atoms with Crippen molar-refractivity contribution in [2.75, 3.05) is 13.2 Å². The van der Waals surface area contributed by atoms with Gasteiger partial charge in [0.25, 0.3) is 0 Å². The molecule has 1 atom stereocenters. The molecule has 27 heavy (non-hydrogen) atoms. The van der Waals surface area contributed by atoms with Gasteiger partial charge in [0.05, 0.1) is 16.7 Å². The van der Waals surface area contributed by atoms with Gasteiger partial charge in [-0.25, -0.2) is 9.38 Å². The van der Waals surface area contributed by atoms with Crippen molar-refractivity contribution in [1.82, 2.24) is 4.90 Å². The fourth-order valence-corrected chi connectivity index (χ4v) is 2.97. The molecule has 0 saturated heterocycles. The summed E-state index contributed by atoms with van der Waals surface area (Å²) < 4.78 is 19.9. The molecule has 1 aliphatic heterocycles. The van der Waals surface area contributed by atoms with E-state index in [-0.39, 0.29) is 17.7 Å². The molecule has 9 heteroatoms. The number of guanidine groups is 2. The molecule has 0 bridgehead atoms. The minimum Gasteiger partial charge on any atom is -0.493 e. The second kappa shape index (κ2) is 8.45. The van der Waals surface area contributed by atoms with E-state index < -0.39 is 6.17 Å². The van der Waals surface area contributed by atoms with E-state index >= 15 is 0 Å². The smallest absolute Gasteiger partial charge is 0.220 e. The van der Waals surface area contributed by atoms with Gasteiger partial charge in [-0.3, -0.25) is 0 Å². The van der Waals surface area contributed by atoms with Gasteiger partial charge in [0, 0.05) is 18.2 Å². The average Bonchev–Trinajstić information content (AvgIpc) is 2.63. The van der Waals surface area contributed by atoms with Crippen molar-refractivity contribution < 1.29 is 9.13 Å². The van der Waals surface area contributed by atoms with E-state index in [0.29, 0.717) is 40.9 Å². The third kappa shape index (κ3) is 4.61. The molecule has 0 saturated carbocycles. The minimum absolute atomic E-state index is 0.0176. The van der Waals surface area contributed by atoms with Crippen LogP contribution < -0.4 is 16.2 Å². The lowest BCUT2D eigenvalue weighted by Gasteiger charge is -2.32. The second-order valence-electron chi connectivity index (χ2n) is 5.82. The number of halogens is 3. The first-order chi connectivity index (χ1) is 13.0. The third-order valence-electron chi connectivity index (χ3n) is 3.96. The molecule has 4 N–H and O–H groups in total. The summed E-state index contributed by atoms with van der Waals surface area (Å²) in [6, 6.07) is 11.4. The maximum atomic E-state index is 14.2. The molecule has 0 fully saturated rings. The Morgan fingerprint density at radius 1 is 1.11 bits per heavy atom. The summed E-state index contributed by atoms with van der Waals surface area (Å²) in [5.74, 6) is 0.428. The molecule has 0 aromatic heterocycles. The summed E-state index contributed by atoms with van der Waals surface area (Å²) in [6.07, 6.45) is -0.0784.